The lowest BCUT2D eigenvalue weighted by Gasteiger charge is -2.26. The van der Waals surface area contributed by atoms with Gasteiger partial charge in [-0.05, 0) is 49.6 Å². The van der Waals surface area contributed by atoms with Gasteiger partial charge in [0.1, 0.15) is 12.4 Å². The Morgan fingerprint density at radius 2 is 2.00 bits per heavy atom. The number of rotatable bonds is 5. The summed E-state index contributed by atoms with van der Waals surface area (Å²) in [5.41, 5.74) is 1.76. The summed E-state index contributed by atoms with van der Waals surface area (Å²) >= 11 is 12.3. The first-order chi connectivity index (χ1) is 12.5. The topological polar surface area (TPSA) is 35.5 Å². The molecule has 1 aliphatic heterocycles. The zero-order valence-electron chi connectivity index (χ0n) is 14.7. The number of hydrogen-bond donors (Lipinski definition) is 0. The highest BCUT2D eigenvalue weighted by atomic mass is 35.5. The molecule has 0 bridgehead atoms. The van der Waals surface area contributed by atoms with Gasteiger partial charge in [-0.25, -0.2) is 0 Å². The molecule has 3 rings (SSSR count). The molecule has 0 radical (unpaired) electrons. The fourth-order valence-corrected chi connectivity index (χ4v) is 3.58. The fraction of sp³-hybridized carbons (Fsp3) is 0.381. The van der Waals surface area contributed by atoms with Crippen molar-refractivity contribution in [2.24, 2.45) is 0 Å². The van der Waals surface area contributed by atoms with Crippen LogP contribution < -0.4 is 4.74 Å². The third-order valence-corrected chi connectivity index (χ3v) is 5.46. The predicted octanol–water partition coefficient (Wildman–Crippen LogP) is 5.93. The second kappa shape index (κ2) is 8.90. The standard InChI is InChI=1S/C21H22Cl2O3/c1-14(24)15-5-4-6-17(11-15)26-13-21-18(7-2-3-10-25-21)16-8-9-19(22)20(23)12-16/h4-6,8-9,11-12,18,21H,2-3,7,10,13H2,1H3/t18-,21-/m0/s1. The summed E-state index contributed by atoms with van der Waals surface area (Å²) < 4.78 is 12.0. The summed E-state index contributed by atoms with van der Waals surface area (Å²) in [4.78, 5) is 11.5. The van der Waals surface area contributed by atoms with E-state index in [2.05, 4.69) is 0 Å². The average molecular weight is 393 g/mol. The SMILES string of the molecule is CC(=O)c1cccc(OC[C@@H]2OCCCC[C@H]2c2ccc(Cl)c(Cl)c2)c1. The quantitative estimate of drug-likeness (QED) is 0.591. The smallest absolute Gasteiger partial charge is 0.159 e. The first kappa shape index (κ1) is 19.2. The number of ketones is 1. The molecule has 138 valence electrons. The Hall–Kier alpha value is -1.55. The lowest BCUT2D eigenvalue weighted by atomic mass is 9.89. The summed E-state index contributed by atoms with van der Waals surface area (Å²) in [6.45, 7) is 2.69. The molecule has 26 heavy (non-hydrogen) atoms. The molecule has 0 aromatic heterocycles. The van der Waals surface area contributed by atoms with E-state index in [1.807, 2.05) is 30.3 Å². The third-order valence-electron chi connectivity index (χ3n) is 4.72. The van der Waals surface area contributed by atoms with Gasteiger partial charge in [0, 0.05) is 18.1 Å². The van der Waals surface area contributed by atoms with Crippen molar-refractivity contribution in [3.05, 3.63) is 63.6 Å². The highest BCUT2D eigenvalue weighted by Gasteiger charge is 2.27. The minimum Gasteiger partial charge on any atom is -0.491 e. The molecule has 3 nitrogen and oxygen atoms in total. The highest BCUT2D eigenvalue weighted by molar-refractivity contribution is 6.42. The lowest BCUT2D eigenvalue weighted by molar-refractivity contribution is 0.0130. The highest BCUT2D eigenvalue weighted by Crippen LogP contribution is 2.34. The maximum atomic E-state index is 11.5. The van der Waals surface area contributed by atoms with E-state index >= 15 is 0 Å². The summed E-state index contributed by atoms with van der Waals surface area (Å²) in [7, 11) is 0. The molecule has 0 amide bonds. The molecule has 0 aliphatic carbocycles. The first-order valence-corrected chi connectivity index (χ1v) is 9.60. The van der Waals surface area contributed by atoms with Crippen molar-refractivity contribution in [2.45, 2.75) is 38.2 Å². The number of hydrogen-bond acceptors (Lipinski definition) is 3. The molecule has 0 N–H and O–H groups in total. The molecule has 0 saturated carbocycles. The Kier molecular flexibility index (Phi) is 6.58. The molecule has 0 spiro atoms. The summed E-state index contributed by atoms with van der Waals surface area (Å²) in [6.07, 6.45) is 3.07. The van der Waals surface area contributed by atoms with Gasteiger partial charge in [0.2, 0.25) is 0 Å². The second-order valence-electron chi connectivity index (χ2n) is 6.58. The number of halogens is 2. The maximum Gasteiger partial charge on any atom is 0.159 e. The normalized spacial score (nSPS) is 20.4. The van der Waals surface area contributed by atoms with Gasteiger partial charge in [-0.2, -0.15) is 0 Å². The molecule has 5 heteroatoms. The van der Waals surface area contributed by atoms with Crippen LogP contribution in [0.5, 0.6) is 5.75 Å². The molecular weight excluding hydrogens is 371 g/mol. The summed E-state index contributed by atoms with van der Waals surface area (Å²) in [6, 6.07) is 13.0. The van der Waals surface area contributed by atoms with Gasteiger partial charge in [-0.1, -0.05) is 47.8 Å². The minimum absolute atomic E-state index is 0.0230. The van der Waals surface area contributed by atoms with Crippen molar-refractivity contribution < 1.29 is 14.3 Å². The summed E-state index contributed by atoms with van der Waals surface area (Å²) in [5.74, 6) is 0.900. The van der Waals surface area contributed by atoms with E-state index in [9.17, 15) is 4.79 Å². The number of benzene rings is 2. The van der Waals surface area contributed by atoms with Crippen LogP contribution in [0.1, 0.15) is 48.0 Å². The van der Waals surface area contributed by atoms with Crippen LogP contribution >= 0.6 is 23.2 Å². The molecule has 1 fully saturated rings. The van der Waals surface area contributed by atoms with E-state index in [0.29, 0.717) is 28.0 Å². The van der Waals surface area contributed by atoms with E-state index < -0.39 is 0 Å². The van der Waals surface area contributed by atoms with Gasteiger partial charge in [0.15, 0.2) is 5.78 Å². The van der Waals surface area contributed by atoms with Gasteiger partial charge in [0.05, 0.1) is 16.1 Å². The van der Waals surface area contributed by atoms with Crippen molar-refractivity contribution in [3.63, 3.8) is 0 Å². The number of ether oxygens (including phenoxy) is 2. The van der Waals surface area contributed by atoms with Crippen LogP contribution in [0.15, 0.2) is 42.5 Å². The van der Waals surface area contributed by atoms with Gasteiger partial charge >= 0.3 is 0 Å². The molecule has 1 heterocycles. The number of Topliss-reactive ketones (excluding diaryl/α,β-unsaturated/α-hetero) is 1. The third kappa shape index (κ3) is 4.79. The predicted molar refractivity (Wildman–Crippen MR) is 105 cm³/mol. The van der Waals surface area contributed by atoms with Crippen molar-refractivity contribution in [3.8, 4) is 5.75 Å². The Morgan fingerprint density at radius 3 is 2.77 bits per heavy atom. The fourth-order valence-electron chi connectivity index (χ4n) is 3.27. The van der Waals surface area contributed by atoms with Crippen molar-refractivity contribution in [2.75, 3.05) is 13.2 Å². The zero-order valence-corrected chi connectivity index (χ0v) is 16.2. The van der Waals surface area contributed by atoms with Crippen LogP contribution in [0.2, 0.25) is 10.0 Å². The first-order valence-electron chi connectivity index (χ1n) is 8.85. The Bertz CT molecular complexity index is 776. The van der Waals surface area contributed by atoms with Crippen molar-refractivity contribution in [1.82, 2.24) is 0 Å². The molecule has 1 aliphatic rings. The minimum atomic E-state index is -0.0734. The molecule has 2 aromatic rings. The maximum absolute atomic E-state index is 11.5. The van der Waals surface area contributed by atoms with Crippen LogP contribution in [0.25, 0.3) is 0 Å². The summed E-state index contributed by atoms with van der Waals surface area (Å²) in [5, 5.41) is 1.11. The Balaban J connectivity index is 1.75. The van der Waals surface area contributed by atoms with Crippen LogP contribution in [-0.4, -0.2) is 25.1 Å². The van der Waals surface area contributed by atoms with Gasteiger partial charge < -0.3 is 9.47 Å². The Morgan fingerprint density at radius 1 is 1.15 bits per heavy atom. The van der Waals surface area contributed by atoms with E-state index in [0.717, 1.165) is 31.4 Å². The van der Waals surface area contributed by atoms with Crippen molar-refractivity contribution in [1.29, 1.82) is 0 Å². The second-order valence-corrected chi connectivity index (χ2v) is 7.39. The van der Waals surface area contributed by atoms with Crippen LogP contribution in [0.3, 0.4) is 0 Å². The number of carbonyl (C=O) groups excluding carboxylic acids is 1. The van der Waals surface area contributed by atoms with E-state index in [1.54, 1.807) is 19.1 Å². The molecular formula is C21H22Cl2O3. The lowest BCUT2D eigenvalue weighted by Crippen LogP contribution is -2.28. The molecule has 1 saturated heterocycles. The number of carbonyl (C=O) groups is 1. The van der Waals surface area contributed by atoms with Gasteiger partial charge in [0.25, 0.3) is 0 Å². The van der Waals surface area contributed by atoms with Gasteiger partial charge in [-0.3, -0.25) is 4.79 Å². The monoisotopic (exact) mass is 392 g/mol. The van der Waals surface area contributed by atoms with E-state index in [1.165, 1.54) is 0 Å². The van der Waals surface area contributed by atoms with Gasteiger partial charge in [-0.15, -0.1) is 0 Å². The molecule has 0 unspecified atom stereocenters. The molecule has 2 aromatic carbocycles. The van der Waals surface area contributed by atoms with Crippen LogP contribution in [-0.2, 0) is 4.74 Å². The molecule has 2 atom stereocenters. The zero-order chi connectivity index (χ0) is 18.5. The van der Waals surface area contributed by atoms with Crippen molar-refractivity contribution >= 4 is 29.0 Å². The largest absolute Gasteiger partial charge is 0.491 e. The van der Waals surface area contributed by atoms with Crippen LogP contribution in [0.4, 0.5) is 0 Å². The van der Waals surface area contributed by atoms with E-state index in [-0.39, 0.29) is 17.8 Å². The Labute approximate surface area is 164 Å². The average Bonchev–Trinajstić information content (AvgIpc) is 2.88. The van der Waals surface area contributed by atoms with Crippen LogP contribution in [0, 0.1) is 0 Å². The van der Waals surface area contributed by atoms with E-state index in [4.69, 9.17) is 32.7 Å².